The minimum absolute atomic E-state index is 0.0353. The zero-order valence-corrected chi connectivity index (χ0v) is 12.4. The molecule has 110 valence electrons. The predicted molar refractivity (Wildman–Crippen MR) is 78.1 cm³/mol. The number of carbonyl (C=O) groups is 1. The van der Waals surface area contributed by atoms with Gasteiger partial charge in [0.15, 0.2) is 6.04 Å². The maximum atomic E-state index is 13.1. The number of amides is 1. The first-order valence-electron chi connectivity index (χ1n) is 7.36. The minimum atomic E-state index is -0.331. The van der Waals surface area contributed by atoms with Crippen LogP contribution in [-0.2, 0) is 4.79 Å². The van der Waals surface area contributed by atoms with Crippen molar-refractivity contribution < 1.29 is 14.1 Å². The monoisotopic (exact) mass is 279 g/mol. The Morgan fingerprint density at radius 3 is 2.60 bits per heavy atom. The van der Waals surface area contributed by atoms with Crippen molar-refractivity contribution in [2.24, 2.45) is 11.8 Å². The Morgan fingerprint density at radius 2 is 2.00 bits per heavy atom. The molecule has 0 unspecified atom stereocenters. The molecule has 20 heavy (non-hydrogen) atoms. The summed E-state index contributed by atoms with van der Waals surface area (Å²) in [5, 5.41) is 2.81. The van der Waals surface area contributed by atoms with E-state index in [4.69, 9.17) is 0 Å². The molecule has 1 fully saturated rings. The van der Waals surface area contributed by atoms with Gasteiger partial charge >= 0.3 is 0 Å². The van der Waals surface area contributed by atoms with Crippen LogP contribution in [0.1, 0.15) is 27.2 Å². The third-order valence-corrected chi connectivity index (χ3v) is 4.12. The first-order valence-corrected chi connectivity index (χ1v) is 7.36. The highest BCUT2D eigenvalue weighted by Gasteiger charge is 2.32. The van der Waals surface area contributed by atoms with E-state index < -0.39 is 0 Å². The second-order valence-electron chi connectivity index (χ2n) is 6.23. The molecule has 1 heterocycles. The van der Waals surface area contributed by atoms with Gasteiger partial charge in [-0.3, -0.25) is 4.79 Å². The molecular formula is C16H24FN2O+. The summed E-state index contributed by atoms with van der Waals surface area (Å²) in [4.78, 5) is 13.6. The number of piperidine rings is 1. The van der Waals surface area contributed by atoms with Crippen LogP contribution < -0.4 is 10.2 Å². The highest BCUT2D eigenvalue weighted by atomic mass is 19.1. The molecule has 0 aliphatic carbocycles. The number of rotatable bonds is 3. The van der Waals surface area contributed by atoms with Crippen molar-refractivity contribution in [3.05, 3.63) is 30.1 Å². The van der Waals surface area contributed by atoms with Gasteiger partial charge in [-0.1, -0.05) is 19.9 Å². The van der Waals surface area contributed by atoms with Crippen molar-refractivity contribution in [3.63, 3.8) is 0 Å². The van der Waals surface area contributed by atoms with Gasteiger partial charge in [0.2, 0.25) is 0 Å². The van der Waals surface area contributed by atoms with Crippen LogP contribution in [0.15, 0.2) is 24.3 Å². The number of anilines is 1. The maximum Gasteiger partial charge on any atom is 0.282 e. The topological polar surface area (TPSA) is 33.5 Å². The Kier molecular flexibility index (Phi) is 4.76. The maximum absolute atomic E-state index is 13.1. The average Bonchev–Trinajstić information content (AvgIpc) is 2.36. The summed E-state index contributed by atoms with van der Waals surface area (Å²) in [7, 11) is 0. The lowest BCUT2D eigenvalue weighted by atomic mass is 9.91. The number of hydrogen-bond donors (Lipinski definition) is 2. The molecule has 0 aromatic heterocycles. The third-order valence-electron chi connectivity index (χ3n) is 4.12. The van der Waals surface area contributed by atoms with E-state index in [1.165, 1.54) is 23.5 Å². The van der Waals surface area contributed by atoms with Crippen molar-refractivity contribution in [1.29, 1.82) is 0 Å². The van der Waals surface area contributed by atoms with Gasteiger partial charge in [0.05, 0.1) is 13.1 Å². The Labute approximate surface area is 120 Å². The van der Waals surface area contributed by atoms with Crippen molar-refractivity contribution in [2.75, 3.05) is 18.4 Å². The first-order chi connectivity index (χ1) is 9.45. The number of carbonyl (C=O) groups excluding carboxylic acids is 1. The van der Waals surface area contributed by atoms with E-state index in [1.807, 2.05) is 6.92 Å². The molecular weight excluding hydrogens is 255 g/mol. The fourth-order valence-electron chi connectivity index (χ4n) is 3.19. The quantitative estimate of drug-likeness (QED) is 0.868. The van der Waals surface area contributed by atoms with E-state index in [0.29, 0.717) is 17.5 Å². The van der Waals surface area contributed by atoms with Crippen molar-refractivity contribution in [2.45, 2.75) is 33.2 Å². The van der Waals surface area contributed by atoms with E-state index in [1.54, 1.807) is 12.1 Å². The molecule has 2 rings (SSSR count). The molecule has 3 atom stereocenters. The smallest absolute Gasteiger partial charge is 0.282 e. The molecule has 1 aromatic carbocycles. The van der Waals surface area contributed by atoms with Crippen molar-refractivity contribution >= 4 is 11.6 Å². The second-order valence-corrected chi connectivity index (χ2v) is 6.23. The number of benzene rings is 1. The summed E-state index contributed by atoms with van der Waals surface area (Å²) in [6.07, 6.45) is 1.24. The first kappa shape index (κ1) is 15.0. The fourth-order valence-corrected chi connectivity index (χ4v) is 3.19. The Hall–Kier alpha value is -1.42. The predicted octanol–water partition coefficient (Wildman–Crippen LogP) is 1.71. The van der Waals surface area contributed by atoms with Crippen LogP contribution in [0.2, 0.25) is 0 Å². The van der Waals surface area contributed by atoms with Gasteiger partial charge in [0.1, 0.15) is 5.82 Å². The second kappa shape index (κ2) is 6.35. The van der Waals surface area contributed by atoms with Gasteiger partial charge in [-0.2, -0.15) is 0 Å². The van der Waals surface area contributed by atoms with E-state index >= 15 is 0 Å². The van der Waals surface area contributed by atoms with Gasteiger partial charge in [0.25, 0.3) is 5.91 Å². The molecule has 1 aliphatic heterocycles. The third kappa shape index (κ3) is 3.79. The van der Waals surface area contributed by atoms with Gasteiger partial charge in [-0.25, -0.2) is 4.39 Å². The van der Waals surface area contributed by atoms with E-state index in [-0.39, 0.29) is 17.8 Å². The van der Waals surface area contributed by atoms with Crippen LogP contribution in [0, 0.1) is 17.7 Å². The summed E-state index contributed by atoms with van der Waals surface area (Å²) < 4.78 is 13.1. The summed E-state index contributed by atoms with van der Waals surface area (Å²) in [6.45, 7) is 8.50. The number of likely N-dealkylation sites (tertiary alicyclic amines) is 1. The summed E-state index contributed by atoms with van der Waals surface area (Å²) in [5.74, 6) is 0.936. The standard InChI is InChI=1S/C16H23FN2O/c1-11-7-12(2)10-19(9-11)13(3)16(20)18-15-6-4-5-14(17)8-15/h4-6,8,11-13H,7,9-10H2,1-3H3,(H,18,20)/p+1/t11-,12-,13-/m0/s1. The van der Waals surface area contributed by atoms with E-state index in [9.17, 15) is 9.18 Å². The normalized spacial score (nSPS) is 27.9. The van der Waals surface area contributed by atoms with Gasteiger partial charge in [0, 0.05) is 17.5 Å². The Morgan fingerprint density at radius 1 is 1.35 bits per heavy atom. The summed E-state index contributed by atoms with van der Waals surface area (Å²) >= 11 is 0. The molecule has 0 radical (unpaired) electrons. The summed E-state index contributed by atoms with van der Waals surface area (Å²) in [6, 6.07) is 5.93. The largest absolute Gasteiger partial charge is 0.324 e. The van der Waals surface area contributed by atoms with Crippen LogP contribution >= 0.6 is 0 Å². The molecule has 0 spiro atoms. The minimum Gasteiger partial charge on any atom is -0.324 e. The molecule has 4 heteroatoms. The van der Waals surface area contributed by atoms with Crippen LogP contribution in [0.25, 0.3) is 0 Å². The van der Waals surface area contributed by atoms with Gasteiger partial charge < -0.3 is 10.2 Å². The highest BCUT2D eigenvalue weighted by molar-refractivity contribution is 5.93. The number of halogens is 1. The lowest BCUT2D eigenvalue weighted by molar-refractivity contribution is -0.925. The lowest BCUT2D eigenvalue weighted by Crippen LogP contribution is -3.18. The molecule has 1 saturated heterocycles. The van der Waals surface area contributed by atoms with Gasteiger partial charge in [-0.05, 0) is 31.5 Å². The van der Waals surface area contributed by atoms with Crippen LogP contribution in [0.3, 0.4) is 0 Å². The van der Waals surface area contributed by atoms with Gasteiger partial charge in [-0.15, -0.1) is 0 Å². The zero-order chi connectivity index (χ0) is 14.7. The molecule has 1 aliphatic rings. The number of quaternary nitrogens is 1. The van der Waals surface area contributed by atoms with Crippen molar-refractivity contribution in [3.8, 4) is 0 Å². The molecule has 1 amide bonds. The average molecular weight is 279 g/mol. The Balaban J connectivity index is 1.98. The van der Waals surface area contributed by atoms with Crippen LogP contribution in [0.4, 0.5) is 10.1 Å². The highest BCUT2D eigenvalue weighted by Crippen LogP contribution is 2.13. The lowest BCUT2D eigenvalue weighted by Gasteiger charge is -2.35. The molecule has 0 saturated carbocycles. The van der Waals surface area contributed by atoms with Crippen molar-refractivity contribution in [1.82, 2.24) is 0 Å². The summed E-state index contributed by atoms with van der Waals surface area (Å²) in [5.41, 5.74) is 0.527. The molecule has 3 nitrogen and oxygen atoms in total. The Bertz CT molecular complexity index is 467. The van der Waals surface area contributed by atoms with Crippen LogP contribution in [0.5, 0.6) is 0 Å². The van der Waals surface area contributed by atoms with E-state index in [2.05, 4.69) is 19.2 Å². The molecule has 2 N–H and O–H groups in total. The van der Waals surface area contributed by atoms with Crippen LogP contribution in [-0.4, -0.2) is 25.0 Å². The fraction of sp³-hybridized carbons (Fsp3) is 0.562. The molecule has 1 aromatic rings. The SMILES string of the molecule is C[C@H]1C[C@H](C)C[NH+]([C@@H](C)C(=O)Nc2cccc(F)c2)C1. The van der Waals surface area contributed by atoms with E-state index in [0.717, 1.165) is 13.1 Å². The number of nitrogens with one attached hydrogen (secondary N) is 2. The zero-order valence-electron chi connectivity index (χ0n) is 12.4. The number of hydrogen-bond acceptors (Lipinski definition) is 1. The molecule has 0 bridgehead atoms.